The van der Waals surface area contributed by atoms with Crippen LogP contribution in [0.4, 0.5) is 17.1 Å². The van der Waals surface area contributed by atoms with Crippen LogP contribution in [0.15, 0.2) is 170 Å². The minimum absolute atomic E-state index is 0.213. The van der Waals surface area contributed by atoms with E-state index < -0.39 is 0 Å². The Kier molecular flexibility index (Phi) is 6.45. The molecule has 0 aliphatic heterocycles. The number of nitrogens with zero attached hydrogens (tertiary/aromatic N) is 1. The zero-order valence-corrected chi connectivity index (χ0v) is 31.8. The van der Waals surface area contributed by atoms with Crippen molar-refractivity contribution in [2.24, 2.45) is 0 Å². The third-order valence-corrected chi connectivity index (χ3v) is 15.2. The summed E-state index contributed by atoms with van der Waals surface area (Å²) in [7, 11) is 0. The van der Waals surface area contributed by atoms with Crippen LogP contribution in [0.5, 0.6) is 0 Å². The van der Waals surface area contributed by atoms with Gasteiger partial charge in [-0.1, -0.05) is 109 Å². The van der Waals surface area contributed by atoms with Crippen molar-refractivity contribution in [2.75, 3.05) is 4.90 Å². The second-order valence-corrected chi connectivity index (χ2v) is 17.9. The fourth-order valence-electron chi connectivity index (χ4n) is 9.13. The van der Waals surface area contributed by atoms with E-state index in [9.17, 15) is 0 Å². The molecule has 0 saturated carbocycles. The smallest absolute Gasteiger partial charge is 0.0476 e. The zero-order valence-electron chi connectivity index (χ0n) is 29.3. The zero-order chi connectivity index (χ0) is 35.5. The molecule has 12 rings (SSSR count). The third kappa shape index (κ3) is 4.30. The molecule has 0 spiro atoms. The molecule has 4 heteroatoms. The van der Waals surface area contributed by atoms with E-state index in [0.717, 1.165) is 0 Å². The van der Waals surface area contributed by atoms with Gasteiger partial charge >= 0.3 is 0 Å². The number of rotatable bonds is 4. The number of hydrogen-bond acceptors (Lipinski definition) is 4. The Balaban J connectivity index is 1.04. The van der Waals surface area contributed by atoms with Crippen molar-refractivity contribution in [2.45, 2.75) is 12.3 Å². The average molecular weight is 742 g/mol. The normalized spacial score (nSPS) is 13.4. The van der Waals surface area contributed by atoms with Crippen LogP contribution in [0, 0.1) is 0 Å². The third-order valence-electron chi connectivity index (χ3n) is 11.8. The largest absolute Gasteiger partial charge is 0.310 e. The summed E-state index contributed by atoms with van der Waals surface area (Å²) in [6.07, 6.45) is 0. The van der Waals surface area contributed by atoms with Crippen molar-refractivity contribution in [3.63, 3.8) is 0 Å². The van der Waals surface area contributed by atoms with Gasteiger partial charge in [0.1, 0.15) is 0 Å². The lowest BCUT2D eigenvalue weighted by Gasteiger charge is -2.28. The second-order valence-electron chi connectivity index (χ2n) is 14.6. The number of thiophene rings is 3. The Morgan fingerprint density at radius 1 is 0.352 bits per heavy atom. The molecule has 8 aromatic carbocycles. The summed E-state index contributed by atoms with van der Waals surface area (Å²) < 4.78 is 7.90. The Hall–Kier alpha value is -5.78. The van der Waals surface area contributed by atoms with Crippen LogP contribution in [0.3, 0.4) is 0 Å². The van der Waals surface area contributed by atoms with E-state index >= 15 is 0 Å². The van der Waals surface area contributed by atoms with Crippen molar-refractivity contribution in [1.29, 1.82) is 0 Å². The number of fused-ring (bicyclic) bond motifs is 12. The van der Waals surface area contributed by atoms with Gasteiger partial charge in [-0.2, -0.15) is 0 Å². The molecule has 3 aromatic heterocycles. The van der Waals surface area contributed by atoms with Gasteiger partial charge in [0, 0.05) is 83.0 Å². The molecule has 0 saturated heterocycles. The number of benzene rings is 8. The highest BCUT2D eigenvalue weighted by Crippen LogP contribution is 2.53. The molecule has 1 nitrogen and oxygen atoms in total. The lowest BCUT2D eigenvalue weighted by atomic mass is 9.74. The maximum atomic E-state index is 2.46. The Morgan fingerprint density at radius 3 is 1.43 bits per heavy atom. The van der Waals surface area contributed by atoms with Gasteiger partial charge in [0.2, 0.25) is 0 Å². The summed E-state index contributed by atoms with van der Waals surface area (Å²) >= 11 is 5.65. The standard InChI is InChI=1S/C50H31NS3/c1-50(42-14-6-2-10-34(42)35-11-3-7-15-43(35)50)30-18-22-38-40-24-20-33(29-49(40)54-47(38)26-30)51(31-21-25-46-41(27-31)37-13-5-9-17-45(37)52-46)32-19-23-39-36-12-4-8-16-44(36)53-48(39)28-32/h2-29H,1H3. The molecule has 11 aromatic rings. The Bertz CT molecular complexity index is 3280. The summed E-state index contributed by atoms with van der Waals surface area (Å²) in [6, 6.07) is 63.7. The predicted molar refractivity (Wildman–Crippen MR) is 237 cm³/mol. The molecule has 0 bridgehead atoms. The van der Waals surface area contributed by atoms with E-state index in [0.29, 0.717) is 0 Å². The summed E-state index contributed by atoms with van der Waals surface area (Å²) in [5, 5.41) is 7.89. The SMILES string of the molecule is CC1(c2ccc3c(c2)sc2cc(N(c4ccc5c(c4)sc4ccccc45)c4ccc5sc6ccccc6c5c4)ccc23)c2ccccc2-c2ccccc21. The molecule has 3 heterocycles. The van der Waals surface area contributed by atoms with E-state index in [1.807, 2.05) is 34.0 Å². The van der Waals surface area contributed by atoms with Gasteiger partial charge in [0.05, 0.1) is 0 Å². The average Bonchev–Trinajstić information content (AvgIpc) is 3.96. The fourth-order valence-corrected chi connectivity index (χ4v) is 12.5. The molecule has 0 radical (unpaired) electrons. The highest BCUT2D eigenvalue weighted by atomic mass is 32.1. The van der Waals surface area contributed by atoms with Crippen LogP contribution >= 0.6 is 34.0 Å². The minimum atomic E-state index is -0.213. The van der Waals surface area contributed by atoms with Gasteiger partial charge in [0.25, 0.3) is 0 Å². The monoisotopic (exact) mass is 741 g/mol. The highest BCUT2D eigenvalue weighted by Gasteiger charge is 2.40. The summed E-state index contributed by atoms with van der Waals surface area (Å²) in [6.45, 7) is 2.41. The molecule has 0 atom stereocenters. The first-order valence-corrected chi connectivity index (χ1v) is 20.9. The van der Waals surface area contributed by atoms with Crippen molar-refractivity contribution >= 4 is 112 Å². The van der Waals surface area contributed by atoms with Gasteiger partial charge in [0.15, 0.2) is 0 Å². The molecule has 0 amide bonds. The highest BCUT2D eigenvalue weighted by molar-refractivity contribution is 7.26. The van der Waals surface area contributed by atoms with Gasteiger partial charge in [-0.3, -0.25) is 0 Å². The van der Waals surface area contributed by atoms with Crippen LogP contribution in [0.25, 0.3) is 71.6 Å². The molecule has 0 fully saturated rings. The molecule has 0 unspecified atom stereocenters. The van der Waals surface area contributed by atoms with Crippen LogP contribution in [0.2, 0.25) is 0 Å². The van der Waals surface area contributed by atoms with E-state index in [1.54, 1.807) is 0 Å². The predicted octanol–water partition coefficient (Wildman–Crippen LogP) is 15.6. The second kappa shape index (κ2) is 11.4. The molecule has 54 heavy (non-hydrogen) atoms. The molecule has 1 aliphatic carbocycles. The fraction of sp³-hybridized carbons (Fsp3) is 0.0400. The van der Waals surface area contributed by atoms with Gasteiger partial charge in [-0.05, 0) is 95.4 Å². The van der Waals surface area contributed by atoms with Crippen molar-refractivity contribution in [3.05, 3.63) is 187 Å². The lowest BCUT2D eigenvalue weighted by molar-refractivity contribution is 0.715. The number of hydrogen-bond donors (Lipinski definition) is 0. The van der Waals surface area contributed by atoms with Crippen LogP contribution in [-0.2, 0) is 5.41 Å². The van der Waals surface area contributed by atoms with Gasteiger partial charge < -0.3 is 4.90 Å². The van der Waals surface area contributed by atoms with Crippen molar-refractivity contribution < 1.29 is 0 Å². The van der Waals surface area contributed by atoms with Gasteiger partial charge in [-0.15, -0.1) is 34.0 Å². The summed E-state index contributed by atoms with van der Waals surface area (Å²) in [4.78, 5) is 2.46. The van der Waals surface area contributed by atoms with Crippen LogP contribution < -0.4 is 4.90 Å². The van der Waals surface area contributed by atoms with E-state index in [2.05, 4.69) is 182 Å². The Morgan fingerprint density at radius 2 is 0.778 bits per heavy atom. The first-order valence-electron chi connectivity index (χ1n) is 18.4. The van der Waals surface area contributed by atoms with Gasteiger partial charge in [-0.25, -0.2) is 0 Å². The summed E-state index contributed by atoms with van der Waals surface area (Å²) in [5.41, 5.74) is 10.1. The van der Waals surface area contributed by atoms with E-state index in [-0.39, 0.29) is 5.41 Å². The quantitative estimate of drug-likeness (QED) is 0.174. The summed E-state index contributed by atoms with van der Waals surface area (Å²) in [5.74, 6) is 0. The van der Waals surface area contributed by atoms with Crippen molar-refractivity contribution in [1.82, 2.24) is 0 Å². The van der Waals surface area contributed by atoms with Crippen LogP contribution in [0.1, 0.15) is 23.6 Å². The van der Waals surface area contributed by atoms with E-state index in [4.69, 9.17) is 0 Å². The molecular weight excluding hydrogens is 711 g/mol. The molecular formula is C50H31NS3. The molecule has 254 valence electrons. The lowest BCUT2D eigenvalue weighted by Crippen LogP contribution is -2.22. The number of anilines is 3. The molecule has 0 N–H and O–H groups in total. The maximum Gasteiger partial charge on any atom is 0.0476 e. The first kappa shape index (κ1) is 30.7. The topological polar surface area (TPSA) is 3.24 Å². The first-order chi connectivity index (χ1) is 26.6. The Labute approximate surface area is 324 Å². The molecule has 1 aliphatic rings. The van der Waals surface area contributed by atoms with Crippen LogP contribution in [-0.4, -0.2) is 0 Å². The minimum Gasteiger partial charge on any atom is -0.310 e. The van der Waals surface area contributed by atoms with E-state index in [1.165, 1.54) is 105 Å². The maximum absolute atomic E-state index is 2.46. The van der Waals surface area contributed by atoms with Crippen molar-refractivity contribution in [3.8, 4) is 11.1 Å².